The number of rotatable bonds is 4. The maximum atomic E-state index is 12.5. The van der Waals surface area contributed by atoms with Gasteiger partial charge in [-0.05, 0) is 48.7 Å². The van der Waals surface area contributed by atoms with Gasteiger partial charge in [-0.1, -0.05) is 34.1 Å². The highest BCUT2D eigenvalue weighted by molar-refractivity contribution is 9.10. The summed E-state index contributed by atoms with van der Waals surface area (Å²) in [4.78, 5) is 16.5. The standard InChI is InChI=1S/C21H23BrN4O/c1-25(15-17-4-2-3-5-20(17)22)21(27)24-18-10-12-26(13-11-18)19-8-6-16(14-23)7-9-19/h2-9,18H,10-13,15H2,1H3,(H,24,27). The van der Waals surface area contributed by atoms with E-state index in [1.165, 1.54) is 0 Å². The van der Waals surface area contributed by atoms with Gasteiger partial charge in [0, 0.05) is 42.9 Å². The van der Waals surface area contributed by atoms with Gasteiger partial charge in [0.05, 0.1) is 11.6 Å². The molecule has 5 nitrogen and oxygen atoms in total. The van der Waals surface area contributed by atoms with Crippen LogP contribution in [0.2, 0.25) is 0 Å². The molecule has 2 amide bonds. The second-order valence-electron chi connectivity index (χ2n) is 6.82. The summed E-state index contributed by atoms with van der Waals surface area (Å²) in [6.07, 6.45) is 1.82. The van der Waals surface area contributed by atoms with Crippen LogP contribution >= 0.6 is 15.9 Å². The zero-order valence-electron chi connectivity index (χ0n) is 15.4. The molecule has 0 unspecified atom stereocenters. The zero-order chi connectivity index (χ0) is 19.2. The highest BCUT2D eigenvalue weighted by Gasteiger charge is 2.22. The van der Waals surface area contributed by atoms with E-state index in [9.17, 15) is 4.79 Å². The SMILES string of the molecule is CN(Cc1ccccc1Br)C(=O)NC1CCN(c2ccc(C#N)cc2)CC1. The minimum absolute atomic E-state index is 0.0393. The minimum Gasteiger partial charge on any atom is -0.371 e. The summed E-state index contributed by atoms with van der Waals surface area (Å²) in [5.74, 6) is 0. The predicted molar refractivity (Wildman–Crippen MR) is 111 cm³/mol. The van der Waals surface area contributed by atoms with Crippen molar-refractivity contribution in [1.29, 1.82) is 5.26 Å². The molecule has 0 atom stereocenters. The van der Waals surface area contributed by atoms with Crippen molar-refractivity contribution in [3.05, 3.63) is 64.1 Å². The van der Waals surface area contributed by atoms with E-state index in [4.69, 9.17) is 5.26 Å². The molecule has 1 heterocycles. The first-order chi connectivity index (χ1) is 13.1. The highest BCUT2D eigenvalue weighted by atomic mass is 79.9. The van der Waals surface area contributed by atoms with Crippen LogP contribution in [0.5, 0.6) is 0 Å². The van der Waals surface area contributed by atoms with E-state index in [1.807, 2.05) is 55.6 Å². The average molecular weight is 427 g/mol. The number of nitrogens with zero attached hydrogens (tertiary/aromatic N) is 3. The lowest BCUT2D eigenvalue weighted by atomic mass is 10.0. The molecule has 1 N–H and O–H groups in total. The van der Waals surface area contributed by atoms with Crippen molar-refractivity contribution in [2.45, 2.75) is 25.4 Å². The number of piperidine rings is 1. The largest absolute Gasteiger partial charge is 0.371 e. The number of benzene rings is 2. The van der Waals surface area contributed by atoms with E-state index in [2.05, 4.69) is 32.2 Å². The molecule has 2 aromatic rings. The number of anilines is 1. The second-order valence-corrected chi connectivity index (χ2v) is 7.67. The molecule has 2 aromatic carbocycles. The fourth-order valence-corrected chi connectivity index (χ4v) is 3.68. The third-order valence-electron chi connectivity index (χ3n) is 4.90. The van der Waals surface area contributed by atoms with Crippen LogP contribution in [0, 0.1) is 11.3 Å². The van der Waals surface area contributed by atoms with Gasteiger partial charge in [0.25, 0.3) is 0 Å². The Morgan fingerprint density at radius 3 is 2.52 bits per heavy atom. The van der Waals surface area contributed by atoms with Crippen LogP contribution in [-0.2, 0) is 6.54 Å². The monoisotopic (exact) mass is 426 g/mol. The minimum atomic E-state index is -0.0393. The first-order valence-electron chi connectivity index (χ1n) is 9.07. The maximum absolute atomic E-state index is 12.5. The number of hydrogen-bond donors (Lipinski definition) is 1. The molecule has 6 heteroatoms. The smallest absolute Gasteiger partial charge is 0.317 e. The first-order valence-corrected chi connectivity index (χ1v) is 9.86. The number of halogens is 1. The Labute approximate surface area is 168 Å². The van der Waals surface area contributed by atoms with Gasteiger partial charge in [0.15, 0.2) is 0 Å². The van der Waals surface area contributed by atoms with Gasteiger partial charge in [-0.15, -0.1) is 0 Å². The van der Waals surface area contributed by atoms with Crippen LogP contribution < -0.4 is 10.2 Å². The van der Waals surface area contributed by atoms with Gasteiger partial charge in [-0.2, -0.15) is 5.26 Å². The number of nitrogens with one attached hydrogen (secondary N) is 1. The Bertz CT molecular complexity index is 823. The molecule has 27 heavy (non-hydrogen) atoms. The fraction of sp³-hybridized carbons (Fsp3) is 0.333. The Balaban J connectivity index is 1.48. The molecule has 3 rings (SSSR count). The normalized spacial score (nSPS) is 14.5. The quantitative estimate of drug-likeness (QED) is 0.798. The summed E-state index contributed by atoms with van der Waals surface area (Å²) in [6.45, 7) is 2.35. The molecule has 1 aliphatic rings. The molecule has 0 spiro atoms. The van der Waals surface area contributed by atoms with E-state index < -0.39 is 0 Å². The van der Waals surface area contributed by atoms with Crippen LogP contribution in [-0.4, -0.2) is 37.1 Å². The average Bonchev–Trinajstić information content (AvgIpc) is 2.70. The van der Waals surface area contributed by atoms with Crippen molar-refractivity contribution in [3.63, 3.8) is 0 Å². The van der Waals surface area contributed by atoms with E-state index in [1.54, 1.807) is 4.90 Å². The summed E-state index contributed by atoms with van der Waals surface area (Å²) in [6, 6.07) is 17.9. The molecule has 0 bridgehead atoms. The molecule has 1 saturated heterocycles. The number of carbonyl (C=O) groups excluding carboxylic acids is 1. The van der Waals surface area contributed by atoms with Crippen molar-refractivity contribution in [3.8, 4) is 6.07 Å². The maximum Gasteiger partial charge on any atom is 0.317 e. The molecule has 0 aromatic heterocycles. The molecule has 0 saturated carbocycles. The van der Waals surface area contributed by atoms with Crippen molar-refractivity contribution in [1.82, 2.24) is 10.2 Å². The fourth-order valence-electron chi connectivity index (χ4n) is 3.27. The summed E-state index contributed by atoms with van der Waals surface area (Å²) >= 11 is 3.53. The van der Waals surface area contributed by atoms with Crippen molar-refractivity contribution >= 4 is 27.6 Å². The molecule has 1 fully saturated rings. The van der Waals surface area contributed by atoms with Crippen molar-refractivity contribution in [2.75, 3.05) is 25.0 Å². The number of amides is 2. The predicted octanol–water partition coefficient (Wildman–Crippen LogP) is 4.13. The second kappa shape index (κ2) is 8.92. The topological polar surface area (TPSA) is 59.4 Å². The zero-order valence-corrected chi connectivity index (χ0v) is 16.9. The van der Waals surface area contributed by atoms with Crippen LogP contribution in [0.25, 0.3) is 0 Å². The van der Waals surface area contributed by atoms with Gasteiger partial charge in [0.2, 0.25) is 0 Å². The summed E-state index contributed by atoms with van der Waals surface area (Å²) < 4.78 is 1.01. The van der Waals surface area contributed by atoms with Gasteiger partial charge >= 0.3 is 6.03 Å². The lowest BCUT2D eigenvalue weighted by molar-refractivity contribution is 0.200. The third-order valence-corrected chi connectivity index (χ3v) is 5.67. The molecular weight excluding hydrogens is 404 g/mol. The van der Waals surface area contributed by atoms with Gasteiger partial charge in [-0.3, -0.25) is 0 Å². The lowest BCUT2D eigenvalue weighted by Crippen LogP contribution is -2.48. The first kappa shape index (κ1) is 19.2. The molecular formula is C21H23BrN4O. The van der Waals surface area contributed by atoms with Gasteiger partial charge < -0.3 is 15.1 Å². The Hall–Kier alpha value is -2.52. The Morgan fingerprint density at radius 1 is 1.22 bits per heavy atom. The number of nitriles is 1. The summed E-state index contributed by atoms with van der Waals surface area (Å²) in [7, 11) is 1.82. The van der Waals surface area contributed by atoms with E-state index in [-0.39, 0.29) is 12.1 Å². The number of carbonyl (C=O) groups is 1. The van der Waals surface area contributed by atoms with Crippen LogP contribution in [0.4, 0.5) is 10.5 Å². The van der Waals surface area contributed by atoms with Crippen LogP contribution in [0.3, 0.4) is 0 Å². The highest BCUT2D eigenvalue weighted by Crippen LogP contribution is 2.21. The van der Waals surface area contributed by atoms with E-state index in [0.29, 0.717) is 12.1 Å². The summed E-state index contributed by atoms with van der Waals surface area (Å²) in [5.41, 5.74) is 2.89. The van der Waals surface area contributed by atoms with E-state index in [0.717, 1.165) is 41.7 Å². The van der Waals surface area contributed by atoms with Crippen LogP contribution in [0.15, 0.2) is 53.0 Å². The van der Waals surface area contributed by atoms with Crippen molar-refractivity contribution < 1.29 is 4.79 Å². The number of urea groups is 1. The third kappa shape index (κ3) is 5.01. The van der Waals surface area contributed by atoms with E-state index >= 15 is 0 Å². The summed E-state index contributed by atoms with van der Waals surface area (Å²) in [5, 5.41) is 12.1. The Morgan fingerprint density at radius 2 is 1.89 bits per heavy atom. The van der Waals surface area contributed by atoms with Crippen LogP contribution in [0.1, 0.15) is 24.0 Å². The molecule has 1 aliphatic heterocycles. The van der Waals surface area contributed by atoms with Crippen molar-refractivity contribution in [2.24, 2.45) is 0 Å². The van der Waals surface area contributed by atoms with Gasteiger partial charge in [-0.25, -0.2) is 4.79 Å². The lowest BCUT2D eigenvalue weighted by Gasteiger charge is -2.34. The molecule has 140 valence electrons. The molecule has 0 radical (unpaired) electrons. The van der Waals surface area contributed by atoms with Gasteiger partial charge in [0.1, 0.15) is 0 Å². The molecule has 0 aliphatic carbocycles. The Kier molecular flexibility index (Phi) is 6.36. The number of hydrogen-bond acceptors (Lipinski definition) is 3.